The molecule has 0 fully saturated rings. The van der Waals surface area contributed by atoms with E-state index >= 15 is 0 Å². The van der Waals surface area contributed by atoms with Crippen LogP contribution in [0.2, 0.25) is 0 Å². The van der Waals surface area contributed by atoms with Crippen molar-refractivity contribution in [1.82, 2.24) is 15.0 Å². The predicted octanol–water partition coefficient (Wildman–Crippen LogP) is 0.997. The number of pyridine rings is 1. The number of urea groups is 2. The number of nitrogens with one attached hydrogen (secondary N) is 4. The molecule has 13 nitrogen and oxygen atoms in total. The fraction of sp³-hybridized carbons (Fsp3) is 0.294. The monoisotopic (exact) mass is 485 g/mol. The zero-order chi connectivity index (χ0) is 23.9. The molecule has 0 aromatic carbocycles. The number of ether oxygens (including phenoxy) is 1. The normalized spacial score (nSPS) is 11.7. The first-order valence-corrected chi connectivity index (χ1v) is 11.3. The molecular weight excluding hydrogens is 462 g/mol. The maximum absolute atomic E-state index is 12.6. The van der Waals surface area contributed by atoms with Crippen LogP contribution >= 0.6 is 11.3 Å². The van der Waals surface area contributed by atoms with Crippen LogP contribution < -0.4 is 26.4 Å². The number of carbonyl (C=O) groups is 2. The Kier molecular flexibility index (Phi) is 8.34. The number of methoxy groups -OCH3 is 1. The molecule has 7 N–H and O–H groups in total. The molecule has 4 amide bonds. The number of amidine groups is 1. The van der Waals surface area contributed by atoms with Gasteiger partial charge in [-0.15, -0.1) is 11.3 Å². The number of hydrogen-bond donors (Lipinski definition) is 6. The topological polar surface area (TPSA) is 197 Å². The first kappa shape index (κ1) is 24.8. The molecule has 2 heterocycles. The van der Waals surface area contributed by atoms with Gasteiger partial charge in [-0.3, -0.25) is 10.6 Å². The molecule has 2 aromatic heterocycles. The van der Waals surface area contributed by atoms with Crippen molar-refractivity contribution in [2.24, 2.45) is 10.9 Å². The highest BCUT2D eigenvalue weighted by atomic mass is 32.2. The van der Waals surface area contributed by atoms with Gasteiger partial charge < -0.3 is 21.0 Å². The minimum absolute atomic E-state index is 0.0309. The third kappa shape index (κ3) is 6.53. The third-order valence-electron chi connectivity index (χ3n) is 3.96. The van der Waals surface area contributed by atoms with E-state index in [1.165, 1.54) is 25.2 Å². The number of aryl methyl sites for hydroxylation is 1. The number of sulfonamides is 1. The number of rotatable bonds is 8. The van der Waals surface area contributed by atoms with Crippen molar-refractivity contribution in [3.8, 4) is 0 Å². The Hall–Kier alpha value is -3.43. The van der Waals surface area contributed by atoms with E-state index in [1.807, 2.05) is 4.72 Å². The van der Waals surface area contributed by atoms with Gasteiger partial charge in [0.25, 0.3) is 10.0 Å². The van der Waals surface area contributed by atoms with E-state index in [0.29, 0.717) is 13.0 Å². The van der Waals surface area contributed by atoms with Gasteiger partial charge in [-0.1, -0.05) is 5.16 Å². The van der Waals surface area contributed by atoms with Crippen molar-refractivity contribution in [2.45, 2.75) is 17.6 Å². The molecule has 0 bridgehead atoms. The van der Waals surface area contributed by atoms with Crippen molar-refractivity contribution >= 4 is 50.9 Å². The molecule has 0 aliphatic rings. The number of oxime groups is 1. The second-order valence-corrected chi connectivity index (χ2v) is 9.34. The summed E-state index contributed by atoms with van der Waals surface area (Å²) in [5, 5.41) is 18.7. The average molecular weight is 486 g/mol. The molecule has 0 aliphatic carbocycles. The lowest BCUT2D eigenvalue weighted by atomic mass is 10.2. The molecule has 0 spiro atoms. The number of amides is 4. The maximum atomic E-state index is 12.6. The highest BCUT2D eigenvalue weighted by molar-refractivity contribution is 7.92. The predicted molar refractivity (Wildman–Crippen MR) is 119 cm³/mol. The summed E-state index contributed by atoms with van der Waals surface area (Å²) in [5.74, 6) is -0.513. The second-order valence-electron chi connectivity index (χ2n) is 6.29. The van der Waals surface area contributed by atoms with Gasteiger partial charge in [0.2, 0.25) is 0 Å². The Bertz CT molecular complexity index is 1130. The number of nitrogens with zero attached hydrogens (tertiary/aromatic N) is 2. The number of anilines is 2. The Morgan fingerprint density at radius 1 is 1.22 bits per heavy atom. The fourth-order valence-electron chi connectivity index (χ4n) is 2.42. The van der Waals surface area contributed by atoms with Crippen molar-refractivity contribution in [2.75, 3.05) is 31.4 Å². The zero-order valence-electron chi connectivity index (χ0n) is 17.4. The van der Waals surface area contributed by atoms with E-state index in [2.05, 4.69) is 26.1 Å². The lowest BCUT2D eigenvalue weighted by Crippen LogP contribution is -2.34. The molecule has 0 atom stereocenters. The number of carbonyl (C=O) groups excluding carboxylic acids is 2. The zero-order valence-corrected chi connectivity index (χ0v) is 19.1. The molecule has 0 saturated heterocycles. The summed E-state index contributed by atoms with van der Waals surface area (Å²) in [4.78, 5) is 28.7. The van der Waals surface area contributed by atoms with E-state index in [4.69, 9.17) is 15.7 Å². The Morgan fingerprint density at radius 2 is 1.84 bits per heavy atom. The number of hydrogen-bond acceptors (Lipinski definition) is 9. The second kappa shape index (κ2) is 10.7. The van der Waals surface area contributed by atoms with Gasteiger partial charge in [0.05, 0.1) is 6.61 Å². The van der Waals surface area contributed by atoms with Crippen LogP contribution in [0.1, 0.15) is 16.0 Å². The van der Waals surface area contributed by atoms with Gasteiger partial charge in [-0.2, -0.15) is 0 Å². The Morgan fingerprint density at radius 3 is 2.41 bits per heavy atom. The summed E-state index contributed by atoms with van der Waals surface area (Å²) >= 11 is 1.04. The summed E-state index contributed by atoms with van der Waals surface area (Å²) in [6.07, 6.45) is 0.542. The van der Waals surface area contributed by atoms with Gasteiger partial charge in [0, 0.05) is 31.0 Å². The lowest BCUT2D eigenvalue weighted by molar-refractivity contribution is 0.203. The average Bonchev–Trinajstić information content (AvgIpc) is 3.12. The minimum atomic E-state index is -4.15. The largest absolute Gasteiger partial charge is 0.409 e. The summed E-state index contributed by atoms with van der Waals surface area (Å²) in [5.41, 5.74) is 6.45. The molecular formula is C17H23N7O6S2. The van der Waals surface area contributed by atoms with Gasteiger partial charge >= 0.3 is 12.1 Å². The van der Waals surface area contributed by atoms with Crippen molar-refractivity contribution in [3.05, 3.63) is 34.2 Å². The van der Waals surface area contributed by atoms with Crippen LogP contribution in [0.15, 0.2) is 27.6 Å². The van der Waals surface area contributed by atoms with Crippen LogP contribution in [-0.4, -0.2) is 57.3 Å². The standard InChI is InChI=1S/C17H23N7O6S2/c1-9-6-14(31-11(9)4-5-30-3)32(28,29)24-17(26)22-13-8-10(15(18)23-27)7-12(20-13)21-16(25)19-2/h6-8,27H,4-5H2,1-3H3,(H2,18,23)(H4,19,20,21,22,24,25,26). The quantitative estimate of drug-likeness (QED) is 0.138. The van der Waals surface area contributed by atoms with E-state index in [0.717, 1.165) is 21.8 Å². The maximum Gasteiger partial charge on any atom is 0.334 e. The summed E-state index contributed by atoms with van der Waals surface area (Å²) in [6, 6.07) is 2.29. The molecule has 0 saturated carbocycles. The number of nitrogens with two attached hydrogens (primary N) is 1. The number of thiophene rings is 1. The van der Waals surface area contributed by atoms with E-state index < -0.39 is 22.1 Å². The van der Waals surface area contributed by atoms with Crippen LogP contribution in [0.25, 0.3) is 0 Å². The minimum Gasteiger partial charge on any atom is -0.409 e. The van der Waals surface area contributed by atoms with Crippen molar-refractivity contribution < 1.29 is 28.0 Å². The van der Waals surface area contributed by atoms with Crippen LogP contribution in [0, 0.1) is 6.92 Å². The van der Waals surface area contributed by atoms with Gasteiger partial charge in [0.1, 0.15) is 15.8 Å². The molecule has 32 heavy (non-hydrogen) atoms. The summed E-state index contributed by atoms with van der Waals surface area (Å²) < 4.78 is 32.1. The highest BCUT2D eigenvalue weighted by Gasteiger charge is 2.22. The SMILES string of the molecule is CNC(=O)Nc1cc(/C(N)=N/O)cc(NC(=O)NS(=O)(=O)c2cc(C)c(CCOC)s2)n1. The van der Waals surface area contributed by atoms with E-state index in [-0.39, 0.29) is 27.2 Å². The van der Waals surface area contributed by atoms with Gasteiger partial charge in [-0.25, -0.2) is 27.7 Å². The smallest absolute Gasteiger partial charge is 0.334 e. The summed E-state index contributed by atoms with van der Waals surface area (Å²) in [7, 11) is -1.22. The molecule has 0 radical (unpaired) electrons. The van der Waals surface area contributed by atoms with Crippen molar-refractivity contribution in [1.29, 1.82) is 0 Å². The third-order valence-corrected chi connectivity index (χ3v) is 7.06. The molecule has 15 heteroatoms. The van der Waals surface area contributed by atoms with Crippen molar-refractivity contribution in [3.63, 3.8) is 0 Å². The van der Waals surface area contributed by atoms with E-state index in [1.54, 1.807) is 14.0 Å². The molecule has 174 valence electrons. The number of aromatic nitrogens is 1. The summed E-state index contributed by atoms with van der Waals surface area (Å²) in [6.45, 7) is 2.20. The molecule has 2 aromatic rings. The Balaban J connectivity index is 2.22. The lowest BCUT2D eigenvalue weighted by Gasteiger charge is -2.11. The van der Waals surface area contributed by atoms with Gasteiger partial charge in [-0.05, 0) is 30.7 Å². The van der Waals surface area contributed by atoms with E-state index in [9.17, 15) is 18.0 Å². The fourth-order valence-corrected chi connectivity index (χ4v) is 4.90. The van der Waals surface area contributed by atoms with Crippen LogP contribution in [-0.2, 0) is 21.2 Å². The molecule has 0 unspecified atom stereocenters. The van der Waals surface area contributed by atoms with Crippen LogP contribution in [0.4, 0.5) is 21.2 Å². The first-order valence-electron chi connectivity index (χ1n) is 9.00. The molecule has 2 rings (SSSR count). The Labute approximate surface area is 188 Å². The molecule has 0 aliphatic heterocycles. The highest BCUT2D eigenvalue weighted by Crippen LogP contribution is 2.26. The van der Waals surface area contributed by atoms with Crippen LogP contribution in [0.5, 0.6) is 0 Å². The first-order chi connectivity index (χ1) is 15.1. The van der Waals surface area contributed by atoms with Gasteiger partial charge in [0.15, 0.2) is 5.84 Å². The van der Waals surface area contributed by atoms with Crippen LogP contribution in [0.3, 0.4) is 0 Å².